The van der Waals surface area contributed by atoms with E-state index in [0.29, 0.717) is 5.88 Å². The molecule has 5 heteroatoms. The van der Waals surface area contributed by atoms with Gasteiger partial charge in [-0.15, -0.1) is 5.10 Å². The zero-order chi connectivity index (χ0) is 11.7. The van der Waals surface area contributed by atoms with Gasteiger partial charge in [0.1, 0.15) is 10.4 Å². The lowest BCUT2D eigenvalue weighted by atomic mass is 10.3. The summed E-state index contributed by atoms with van der Waals surface area (Å²) in [5.41, 5.74) is 0.775. The van der Waals surface area contributed by atoms with Crippen LogP contribution in [-0.4, -0.2) is 14.6 Å². The summed E-state index contributed by atoms with van der Waals surface area (Å²) in [6, 6.07) is 13.2. The summed E-state index contributed by atoms with van der Waals surface area (Å²) in [7, 11) is 0. The molecule has 0 bridgehead atoms. The summed E-state index contributed by atoms with van der Waals surface area (Å²) in [6.45, 7) is 0. The highest BCUT2D eigenvalue weighted by atomic mass is 79.9. The number of para-hydroxylation sites is 1. The first-order chi connectivity index (χ1) is 8.33. The molecule has 0 amide bonds. The Morgan fingerprint density at radius 1 is 1.06 bits per heavy atom. The summed E-state index contributed by atoms with van der Waals surface area (Å²) in [6.07, 6.45) is 1.70. The van der Waals surface area contributed by atoms with Crippen molar-refractivity contribution < 1.29 is 4.74 Å². The van der Waals surface area contributed by atoms with Crippen LogP contribution in [0.3, 0.4) is 0 Å². The predicted octanol–water partition coefficient (Wildman–Crippen LogP) is 3.28. The first-order valence-corrected chi connectivity index (χ1v) is 5.85. The van der Waals surface area contributed by atoms with E-state index in [1.54, 1.807) is 16.8 Å². The molecule has 17 heavy (non-hydrogen) atoms. The molecule has 4 nitrogen and oxygen atoms in total. The topological polar surface area (TPSA) is 39.4 Å². The lowest BCUT2D eigenvalue weighted by Crippen LogP contribution is -1.95. The molecule has 3 rings (SSSR count). The van der Waals surface area contributed by atoms with Crippen LogP contribution in [0.1, 0.15) is 0 Å². The highest BCUT2D eigenvalue weighted by Crippen LogP contribution is 2.20. The van der Waals surface area contributed by atoms with Crippen LogP contribution in [0, 0.1) is 0 Å². The second kappa shape index (κ2) is 4.18. The highest BCUT2D eigenvalue weighted by molar-refractivity contribution is 9.10. The Hall–Kier alpha value is -1.88. The van der Waals surface area contributed by atoms with Crippen molar-refractivity contribution in [3.05, 3.63) is 53.3 Å². The second-order valence-corrected chi connectivity index (χ2v) is 4.25. The first kappa shape index (κ1) is 10.3. The normalized spacial score (nSPS) is 10.6. The number of rotatable bonds is 2. The van der Waals surface area contributed by atoms with Crippen LogP contribution in [0.25, 0.3) is 5.65 Å². The summed E-state index contributed by atoms with van der Waals surface area (Å²) in [5.74, 6) is 1.29. The van der Waals surface area contributed by atoms with Crippen molar-refractivity contribution in [2.45, 2.75) is 0 Å². The molecule has 2 heterocycles. The minimum atomic E-state index is 0.530. The molecule has 0 spiro atoms. The van der Waals surface area contributed by atoms with E-state index >= 15 is 0 Å². The lowest BCUT2D eigenvalue weighted by molar-refractivity contribution is 0.452. The molecule has 1 aromatic carbocycles. The van der Waals surface area contributed by atoms with Gasteiger partial charge in [-0.25, -0.2) is 9.50 Å². The van der Waals surface area contributed by atoms with Crippen LogP contribution < -0.4 is 4.74 Å². The standard InChI is InChI=1S/C12H8BrN3O/c13-10-8-14-11-6-7-12(15-16(10)11)17-9-4-2-1-3-5-9/h1-8H. The molecular weight excluding hydrogens is 282 g/mol. The quantitative estimate of drug-likeness (QED) is 0.727. The van der Waals surface area contributed by atoms with Gasteiger partial charge in [0.05, 0.1) is 6.20 Å². The van der Waals surface area contributed by atoms with Gasteiger partial charge in [0.2, 0.25) is 5.88 Å². The fourth-order valence-electron chi connectivity index (χ4n) is 1.49. The monoisotopic (exact) mass is 289 g/mol. The van der Waals surface area contributed by atoms with Gasteiger partial charge in [0.15, 0.2) is 5.65 Å². The Bertz CT molecular complexity index is 651. The fraction of sp³-hybridized carbons (Fsp3) is 0. The van der Waals surface area contributed by atoms with Crippen molar-refractivity contribution in [2.75, 3.05) is 0 Å². The zero-order valence-electron chi connectivity index (χ0n) is 8.75. The maximum absolute atomic E-state index is 5.63. The summed E-state index contributed by atoms with van der Waals surface area (Å²) >= 11 is 3.37. The van der Waals surface area contributed by atoms with E-state index in [0.717, 1.165) is 16.0 Å². The summed E-state index contributed by atoms with van der Waals surface area (Å²) in [4.78, 5) is 4.16. The average Bonchev–Trinajstić information content (AvgIpc) is 2.73. The number of hydrogen-bond donors (Lipinski definition) is 0. The van der Waals surface area contributed by atoms with Gasteiger partial charge >= 0.3 is 0 Å². The molecule has 3 aromatic rings. The number of ether oxygens (including phenoxy) is 1. The van der Waals surface area contributed by atoms with Crippen LogP contribution in [0.5, 0.6) is 11.6 Å². The SMILES string of the molecule is Brc1cnc2ccc(Oc3ccccc3)nn12. The number of imidazole rings is 1. The maximum Gasteiger partial charge on any atom is 0.237 e. The number of aromatic nitrogens is 3. The molecule has 2 aromatic heterocycles. The number of benzene rings is 1. The highest BCUT2D eigenvalue weighted by Gasteiger charge is 2.04. The van der Waals surface area contributed by atoms with Crippen LogP contribution in [-0.2, 0) is 0 Å². The third-order valence-corrected chi connectivity index (χ3v) is 2.80. The number of nitrogens with zero attached hydrogens (tertiary/aromatic N) is 3. The predicted molar refractivity (Wildman–Crippen MR) is 67.2 cm³/mol. The average molecular weight is 290 g/mol. The Morgan fingerprint density at radius 2 is 1.88 bits per heavy atom. The van der Waals surface area contributed by atoms with E-state index in [-0.39, 0.29) is 0 Å². The summed E-state index contributed by atoms with van der Waals surface area (Å²) in [5, 5.41) is 4.32. The third kappa shape index (κ3) is 2.01. The van der Waals surface area contributed by atoms with Crippen molar-refractivity contribution in [1.82, 2.24) is 14.6 Å². The first-order valence-electron chi connectivity index (χ1n) is 5.06. The minimum Gasteiger partial charge on any atom is -0.438 e. The molecule has 0 aliphatic rings. The van der Waals surface area contributed by atoms with Crippen LogP contribution in [0.4, 0.5) is 0 Å². The third-order valence-electron chi connectivity index (χ3n) is 2.26. The number of halogens is 1. The van der Waals surface area contributed by atoms with Crippen LogP contribution in [0.2, 0.25) is 0 Å². The van der Waals surface area contributed by atoms with Crippen molar-refractivity contribution >= 4 is 21.6 Å². The molecule has 0 N–H and O–H groups in total. The van der Waals surface area contributed by atoms with Crippen molar-refractivity contribution in [1.29, 1.82) is 0 Å². The van der Waals surface area contributed by atoms with Crippen molar-refractivity contribution in [2.24, 2.45) is 0 Å². The molecule has 0 aliphatic heterocycles. The molecule has 0 saturated carbocycles. The number of fused-ring (bicyclic) bond motifs is 1. The fourth-order valence-corrected chi connectivity index (χ4v) is 1.86. The largest absolute Gasteiger partial charge is 0.438 e. The molecule has 0 atom stereocenters. The Labute approximate surface area is 106 Å². The molecule has 0 unspecified atom stereocenters. The van der Waals surface area contributed by atoms with Crippen LogP contribution in [0.15, 0.2) is 53.3 Å². The Morgan fingerprint density at radius 3 is 2.71 bits per heavy atom. The minimum absolute atomic E-state index is 0.530. The van der Waals surface area contributed by atoms with Gasteiger partial charge in [-0.1, -0.05) is 18.2 Å². The van der Waals surface area contributed by atoms with Gasteiger partial charge in [0.25, 0.3) is 0 Å². The number of hydrogen-bond acceptors (Lipinski definition) is 3. The van der Waals surface area contributed by atoms with E-state index < -0.39 is 0 Å². The van der Waals surface area contributed by atoms with E-state index in [9.17, 15) is 0 Å². The van der Waals surface area contributed by atoms with Gasteiger partial charge in [0, 0.05) is 6.07 Å². The van der Waals surface area contributed by atoms with E-state index in [1.165, 1.54) is 0 Å². The molecular formula is C12H8BrN3O. The Kier molecular flexibility index (Phi) is 2.53. The Balaban J connectivity index is 1.98. The van der Waals surface area contributed by atoms with E-state index in [1.807, 2.05) is 36.4 Å². The smallest absolute Gasteiger partial charge is 0.237 e. The van der Waals surface area contributed by atoms with E-state index in [4.69, 9.17) is 4.74 Å². The maximum atomic E-state index is 5.63. The van der Waals surface area contributed by atoms with Gasteiger partial charge in [-0.2, -0.15) is 0 Å². The molecule has 0 fully saturated rings. The van der Waals surface area contributed by atoms with Gasteiger partial charge in [-0.3, -0.25) is 0 Å². The van der Waals surface area contributed by atoms with Crippen molar-refractivity contribution in [3.8, 4) is 11.6 Å². The van der Waals surface area contributed by atoms with Gasteiger partial charge < -0.3 is 4.74 Å². The van der Waals surface area contributed by atoms with Gasteiger partial charge in [-0.05, 0) is 34.1 Å². The van der Waals surface area contributed by atoms with Crippen LogP contribution >= 0.6 is 15.9 Å². The second-order valence-electron chi connectivity index (χ2n) is 3.44. The summed E-state index contributed by atoms with van der Waals surface area (Å²) < 4.78 is 8.11. The zero-order valence-corrected chi connectivity index (χ0v) is 10.3. The molecule has 0 radical (unpaired) electrons. The van der Waals surface area contributed by atoms with E-state index in [2.05, 4.69) is 26.0 Å². The lowest BCUT2D eigenvalue weighted by Gasteiger charge is -2.04. The van der Waals surface area contributed by atoms with Crippen molar-refractivity contribution in [3.63, 3.8) is 0 Å². The molecule has 84 valence electrons. The molecule has 0 saturated heterocycles. The molecule has 0 aliphatic carbocycles.